The van der Waals surface area contributed by atoms with Crippen LogP contribution in [0.3, 0.4) is 0 Å². The van der Waals surface area contributed by atoms with Crippen LogP contribution in [-0.4, -0.2) is 13.3 Å². The van der Waals surface area contributed by atoms with Gasteiger partial charge < -0.3 is 10.1 Å². The Kier molecular flexibility index (Phi) is 13.3. The van der Waals surface area contributed by atoms with Crippen molar-refractivity contribution in [3.63, 3.8) is 0 Å². The summed E-state index contributed by atoms with van der Waals surface area (Å²) in [5.74, 6) is 0. The fourth-order valence-electron chi connectivity index (χ4n) is 0.935. The minimum absolute atomic E-state index is 0.244. The predicted molar refractivity (Wildman–Crippen MR) is 59.6 cm³/mol. The molecule has 0 fully saturated rings. The van der Waals surface area contributed by atoms with Crippen molar-refractivity contribution < 1.29 is 4.74 Å². The number of nitrogens with one attached hydrogen (secondary N) is 1. The highest BCUT2D eigenvalue weighted by atomic mass is 16.5. The van der Waals surface area contributed by atoms with Crippen molar-refractivity contribution in [3.05, 3.63) is 11.8 Å². The Labute approximate surface area is 83.4 Å². The van der Waals surface area contributed by atoms with E-state index < -0.39 is 0 Å². The molecule has 1 atom stereocenters. The van der Waals surface area contributed by atoms with Gasteiger partial charge in [-0.15, -0.1) is 0 Å². The number of methoxy groups -OCH3 is 1. The van der Waals surface area contributed by atoms with Crippen LogP contribution in [-0.2, 0) is 4.74 Å². The van der Waals surface area contributed by atoms with Crippen molar-refractivity contribution in [1.82, 2.24) is 5.32 Å². The second kappa shape index (κ2) is 11.5. The van der Waals surface area contributed by atoms with E-state index in [4.69, 9.17) is 4.74 Å². The summed E-state index contributed by atoms with van der Waals surface area (Å²) in [5.41, 5.74) is 1.41. The van der Waals surface area contributed by atoms with E-state index >= 15 is 0 Å². The van der Waals surface area contributed by atoms with Crippen LogP contribution in [0.5, 0.6) is 0 Å². The topological polar surface area (TPSA) is 21.3 Å². The van der Waals surface area contributed by atoms with Gasteiger partial charge in [0, 0.05) is 7.11 Å². The molecule has 0 aromatic rings. The predicted octanol–water partition coefficient (Wildman–Crippen LogP) is 3.30. The SMILES string of the molecule is CC.CC.COC1CCC(C)=CN1. The molecule has 0 aromatic heterocycles. The monoisotopic (exact) mass is 187 g/mol. The Hall–Kier alpha value is -0.500. The highest BCUT2D eigenvalue weighted by Gasteiger charge is 2.08. The van der Waals surface area contributed by atoms with E-state index in [0.29, 0.717) is 0 Å². The van der Waals surface area contributed by atoms with Gasteiger partial charge in [-0.05, 0) is 26.0 Å². The van der Waals surface area contributed by atoms with Gasteiger partial charge in [-0.2, -0.15) is 0 Å². The molecular formula is C11H25NO. The first kappa shape index (κ1) is 15.0. The third-order valence-electron chi connectivity index (χ3n) is 1.60. The average Bonchev–Trinajstić information content (AvgIpc) is 2.25. The number of hydrogen-bond acceptors (Lipinski definition) is 2. The van der Waals surface area contributed by atoms with E-state index in [-0.39, 0.29) is 6.23 Å². The van der Waals surface area contributed by atoms with Crippen LogP contribution in [0.25, 0.3) is 0 Å². The maximum absolute atomic E-state index is 5.08. The van der Waals surface area contributed by atoms with Crippen LogP contribution in [0.2, 0.25) is 0 Å². The molecule has 1 N–H and O–H groups in total. The summed E-state index contributed by atoms with van der Waals surface area (Å²) in [6.45, 7) is 10.1. The molecular weight excluding hydrogens is 162 g/mol. The summed E-state index contributed by atoms with van der Waals surface area (Å²) < 4.78 is 5.08. The van der Waals surface area contributed by atoms with E-state index in [1.165, 1.54) is 5.57 Å². The molecule has 0 radical (unpaired) electrons. The average molecular weight is 187 g/mol. The maximum atomic E-state index is 5.08. The van der Waals surface area contributed by atoms with E-state index in [1.807, 2.05) is 33.9 Å². The molecule has 1 aliphatic heterocycles. The van der Waals surface area contributed by atoms with E-state index in [2.05, 4.69) is 12.2 Å². The molecule has 0 aromatic carbocycles. The zero-order valence-corrected chi connectivity index (χ0v) is 9.98. The normalized spacial score (nSPS) is 19.5. The Balaban J connectivity index is 0. The van der Waals surface area contributed by atoms with Gasteiger partial charge in [0.25, 0.3) is 0 Å². The molecule has 1 unspecified atom stereocenters. The van der Waals surface area contributed by atoms with Gasteiger partial charge in [-0.1, -0.05) is 33.3 Å². The molecule has 0 saturated carbocycles. The molecule has 0 aliphatic carbocycles. The van der Waals surface area contributed by atoms with Crippen LogP contribution >= 0.6 is 0 Å². The van der Waals surface area contributed by atoms with Crippen molar-refractivity contribution in [2.75, 3.05) is 7.11 Å². The second-order valence-electron chi connectivity index (χ2n) is 2.42. The fraction of sp³-hybridized carbons (Fsp3) is 0.818. The lowest BCUT2D eigenvalue weighted by Gasteiger charge is -2.20. The first-order valence-corrected chi connectivity index (χ1v) is 5.27. The maximum Gasteiger partial charge on any atom is 0.127 e. The van der Waals surface area contributed by atoms with Gasteiger partial charge in [0.1, 0.15) is 6.23 Å². The van der Waals surface area contributed by atoms with Gasteiger partial charge in [-0.25, -0.2) is 0 Å². The quantitative estimate of drug-likeness (QED) is 0.680. The van der Waals surface area contributed by atoms with Gasteiger partial charge in [0.05, 0.1) is 0 Å². The summed E-state index contributed by atoms with van der Waals surface area (Å²) in [6, 6.07) is 0. The summed E-state index contributed by atoms with van der Waals surface area (Å²) in [6.07, 6.45) is 4.52. The Bertz CT molecular complexity index is 121. The smallest absolute Gasteiger partial charge is 0.127 e. The standard InChI is InChI=1S/C7H13NO.2C2H6/c1-6-3-4-7(9-2)8-5-6;2*1-2/h5,7-8H,3-4H2,1-2H3;2*1-2H3. The summed E-state index contributed by atoms with van der Waals surface area (Å²) in [7, 11) is 1.73. The Morgan fingerprint density at radius 1 is 1.31 bits per heavy atom. The van der Waals surface area contributed by atoms with Gasteiger partial charge >= 0.3 is 0 Å². The van der Waals surface area contributed by atoms with Crippen LogP contribution in [0.15, 0.2) is 11.8 Å². The van der Waals surface area contributed by atoms with Crippen molar-refractivity contribution in [1.29, 1.82) is 0 Å². The zero-order valence-electron chi connectivity index (χ0n) is 9.98. The lowest BCUT2D eigenvalue weighted by molar-refractivity contribution is 0.0743. The van der Waals surface area contributed by atoms with Crippen LogP contribution in [0.1, 0.15) is 47.5 Å². The number of allylic oxidation sites excluding steroid dienone is 1. The lowest BCUT2D eigenvalue weighted by atomic mass is 10.1. The molecule has 2 nitrogen and oxygen atoms in total. The summed E-state index contributed by atoms with van der Waals surface area (Å²) >= 11 is 0. The van der Waals surface area contributed by atoms with Gasteiger partial charge in [0.15, 0.2) is 0 Å². The number of ether oxygens (including phenoxy) is 1. The third-order valence-corrected chi connectivity index (χ3v) is 1.60. The van der Waals surface area contributed by atoms with Crippen molar-refractivity contribution >= 4 is 0 Å². The van der Waals surface area contributed by atoms with E-state index in [1.54, 1.807) is 7.11 Å². The van der Waals surface area contributed by atoms with Crippen LogP contribution < -0.4 is 5.32 Å². The molecule has 0 bridgehead atoms. The minimum atomic E-state index is 0.244. The van der Waals surface area contributed by atoms with Crippen molar-refractivity contribution in [2.45, 2.75) is 53.7 Å². The Morgan fingerprint density at radius 2 is 1.85 bits per heavy atom. The highest BCUT2D eigenvalue weighted by Crippen LogP contribution is 2.11. The van der Waals surface area contributed by atoms with Gasteiger partial charge in [0.2, 0.25) is 0 Å². The summed E-state index contributed by atoms with van der Waals surface area (Å²) in [5, 5.41) is 3.13. The van der Waals surface area contributed by atoms with Crippen LogP contribution in [0.4, 0.5) is 0 Å². The first-order chi connectivity index (χ1) is 6.33. The van der Waals surface area contributed by atoms with E-state index in [0.717, 1.165) is 12.8 Å². The first-order valence-electron chi connectivity index (χ1n) is 5.27. The molecule has 1 aliphatic rings. The fourth-order valence-corrected chi connectivity index (χ4v) is 0.935. The zero-order chi connectivity index (χ0) is 10.7. The van der Waals surface area contributed by atoms with Crippen molar-refractivity contribution in [3.8, 4) is 0 Å². The molecule has 0 amide bonds. The third kappa shape index (κ3) is 7.85. The molecule has 0 saturated heterocycles. The Morgan fingerprint density at radius 3 is 2.15 bits per heavy atom. The van der Waals surface area contributed by atoms with Crippen molar-refractivity contribution in [2.24, 2.45) is 0 Å². The highest BCUT2D eigenvalue weighted by molar-refractivity contribution is 5.00. The lowest BCUT2D eigenvalue weighted by Crippen LogP contribution is -2.29. The number of rotatable bonds is 1. The molecule has 0 spiro atoms. The van der Waals surface area contributed by atoms with E-state index in [9.17, 15) is 0 Å². The molecule has 1 rings (SSSR count). The molecule has 13 heavy (non-hydrogen) atoms. The largest absolute Gasteiger partial charge is 0.366 e. The van der Waals surface area contributed by atoms with Crippen LogP contribution in [0, 0.1) is 0 Å². The number of hydrogen-bond donors (Lipinski definition) is 1. The second-order valence-corrected chi connectivity index (χ2v) is 2.42. The molecule has 1 heterocycles. The minimum Gasteiger partial charge on any atom is -0.366 e. The summed E-state index contributed by atoms with van der Waals surface area (Å²) in [4.78, 5) is 0. The molecule has 2 heteroatoms. The molecule has 80 valence electrons. The van der Waals surface area contributed by atoms with Gasteiger partial charge in [-0.3, -0.25) is 0 Å².